The molecule has 0 aromatic carbocycles. The minimum Gasteiger partial charge on any atom is -0.379 e. The lowest BCUT2D eigenvalue weighted by molar-refractivity contribution is 0.142. The zero-order chi connectivity index (χ0) is 9.10. The molecule has 1 aliphatic heterocycles. The SMILES string of the molecule is ClC1COCCN(CCC2CC2)C1. The maximum absolute atomic E-state index is 6.08. The second-order valence-corrected chi connectivity index (χ2v) is 4.82. The summed E-state index contributed by atoms with van der Waals surface area (Å²) in [7, 11) is 0. The zero-order valence-corrected chi connectivity index (χ0v) is 8.80. The van der Waals surface area contributed by atoms with Crippen molar-refractivity contribution in [3.8, 4) is 0 Å². The van der Waals surface area contributed by atoms with Crippen LogP contribution >= 0.6 is 11.6 Å². The topological polar surface area (TPSA) is 12.5 Å². The van der Waals surface area contributed by atoms with Crippen molar-refractivity contribution in [1.82, 2.24) is 4.90 Å². The third-order valence-electron chi connectivity index (χ3n) is 2.86. The van der Waals surface area contributed by atoms with E-state index in [1.165, 1.54) is 25.8 Å². The Morgan fingerprint density at radius 1 is 1.38 bits per heavy atom. The fraction of sp³-hybridized carbons (Fsp3) is 1.00. The molecule has 1 heterocycles. The number of nitrogens with zero attached hydrogens (tertiary/aromatic N) is 1. The van der Waals surface area contributed by atoms with Gasteiger partial charge in [-0.2, -0.15) is 0 Å². The van der Waals surface area contributed by atoms with E-state index >= 15 is 0 Å². The molecular formula is C10H18ClNO. The van der Waals surface area contributed by atoms with Crippen molar-refractivity contribution in [2.24, 2.45) is 5.92 Å². The van der Waals surface area contributed by atoms with Gasteiger partial charge in [0.15, 0.2) is 0 Å². The van der Waals surface area contributed by atoms with E-state index < -0.39 is 0 Å². The number of hydrogen-bond donors (Lipinski definition) is 0. The van der Waals surface area contributed by atoms with Gasteiger partial charge in [-0.15, -0.1) is 11.6 Å². The Morgan fingerprint density at radius 3 is 3.00 bits per heavy atom. The van der Waals surface area contributed by atoms with Gasteiger partial charge in [-0.3, -0.25) is 4.90 Å². The number of hydrogen-bond acceptors (Lipinski definition) is 2. The summed E-state index contributed by atoms with van der Waals surface area (Å²) in [4.78, 5) is 2.45. The minimum absolute atomic E-state index is 0.196. The molecule has 0 radical (unpaired) electrons. The average Bonchev–Trinajstić information content (AvgIpc) is 2.88. The highest BCUT2D eigenvalue weighted by Gasteiger charge is 2.23. The van der Waals surface area contributed by atoms with Crippen LogP contribution in [-0.2, 0) is 4.74 Å². The summed E-state index contributed by atoms with van der Waals surface area (Å²) in [5.74, 6) is 1.03. The smallest absolute Gasteiger partial charge is 0.0696 e. The van der Waals surface area contributed by atoms with E-state index in [1.54, 1.807) is 0 Å². The Bertz CT molecular complexity index is 161. The second kappa shape index (κ2) is 4.63. The summed E-state index contributed by atoms with van der Waals surface area (Å²) in [6, 6.07) is 0. The van der Waals surface area contributed by atoms with E-state index in [9.17, 15) is 0 Å². The molecule has 2 aliphatic rings. The number of ether oxygens (including phenoxy) is 1. The van der Waals surface area contributed by atoms with Crippen LogP contribution in [0.4, 0.5) is 0 Å². The van der Waals surface area contributed by atoms with Gasteiger partial charge in [0, 0.05) is 13.1 Å². The third kappa shape index (κ3) is 3.45. The van der Waals surface area contributed by atoms with Crippen LogP contribution in [0.25, 0.3) is 0 Å². The van der Waals surface area contributed by atoms with Gasteiger partial charge in [-0.1, -0.05) is 12.8 Å². The molecule has 1 saturated carbocycles. The molecular weight excluding hydrogens is 186 g/mol. The molecule has 3 heteroatoms. The summed E-state index contributed by atoms with van der Waals surface area (Å²) in [5, 5.41) is 0.196. The van der Waals surface area contributed by atoms with E-state index in [0.717, 1.165) is 32.2 Å². The Hall–Kier alpha value is 0.210. The zero-order valence-electron chi connectivity index (χ0n) is 8.04. The summed E-state index contributed by atoms with van der Waals surface area (Å²) in [6.07, 6.45) is 4.27. The Balaban J connectivity index is 1.68. The van der Waals surface area contributed by atoms with Crippen molar-refractivity contribution in [1.29, 1.82) is 0 Å². The van der Waals surface area contributed by atoms with Gasteiger partial charge < -0.3 is 4.74 Å². The molecule has 0 spiro atoms. The van der Waals surface area contributed by atoms with Crippen molar-refractivity contribution in [2.45, 2.75) is 24.6 Å². The van der Waals surface area contributed by atoms with Crippen LogP contribution in [0.3, 0.4) is 0 Å². The van der Waals surface area contributed by atoms with Crippen molar-refractivity contribution in [3.05, 3.63) is 0 Å². The van der Waals surface area contributed by atoms with E-state index in [-0.39, 0.29) is 5.38 Å². The van der Waals surface area contributed by atoms with Crippen LogP contribution < -0.4 is 0 Å². The van der Waals surface area contributed by atoms with Gasteiger partial charge in [0.2, 0.25) is 0 Å². The molecule has 2 nitrogen and oxygen atoms in total. The monoisotopic (exact) mass is 203 g/mol. The summed E-state index contributed by atoms with van der Waals surface area (Å²) >= 11 is 6.08. The van der Waals surface area contributed by atoms with Crippen molar-refractivity contribution < 1.29 is 4.74 Å². The molecule has 1 saturated heterocycles. The van der Waals surface area contributed by atoms with E-state index in [2.05, 4.69) is 4.90 Å². The first-order valence-electron chi connectivity index (χ1n) is 5.29. The fourth-order valence-corrected chi connectivity index (χ4v) is 2.09. The highest BCUT2D eigenvalue weighted by molar-refractivity contribution is 6.20. The van der Waals surface area contributed by atoms with Crippen LogP contribution in [0.15, 0.2) is 0 Å². The normalized spacial score (nSPS) is 31.6. The maximum atomic E-state index is 6.08. The predicted molar refractivity (Wildman–Crippen MR) is 54.2 cm³/mol. The van der Waals surface area contributed by atoms with Gasteiger partial charge in [0.1, 0.15) is 0 Å². The largest absolute Gasteiger partial charge is 0.379 e. The lowest BCUT2D eigenvalue weighted by atomic mass is 10.2. The number of halogens is 1. The average molecular weight is 204 g/mol. The quantitative estimate of drug-likeness (QED) is 0.648. The standard InChI is InChI=1S/C10H18ClNO/c11-10-7-12(5-6-13-8-10)4-3-9-1-2-9/h9-10H,1-8H2. The van der Waals surface area contributed by atoms with E-state index in [1.807, 2.05) is 0 Å². The summed E-state index contributed by atoms with van der Waals surface area (Å²) in [6.45, 7) is 4.87. The molecule has 0 aromatic rings. The molecule has 76 valence electrons. The molecule has 0 aromatic heterocycles. The van der Waals surface area contributed by atoms with Gasteiger partial charge >= 0.3 is 0 Å². The first-order chi connectivity index (χ1) is 6.34. The Labute approximate surface area is 85.2 Å². The molecule has 0 amide bonds. The second-order valence-electron chi connectivity index (χ2n) is 4.20. The van der Waals surface area contributed by atoms with Crippen LogP contribution in [0.2, 0.25) is 0 Å². The third-order valence-corrected chi connectivity index (χ3v) is 3.12. The van der Waals surface area contributed by atoms with Crippen LogP contribution in [-0.4, -0.2) is 43.1 Å². The van der Waals surface area contributed by atoms with Gasteiger partial charge in [0.05, 0.1) is 18.6 Å². The van der Waals surface area contributed by atoms with Crippen LogP contribution in [0, 0.1) is 5.92 Å². The Kier molecular flexibility index (Phi) is 3.47. The van der Waals surface area contributed by atoms with Crippen molar-refractivity contribution >= 4 is 11.6 Å². The lowest BCUT2D eigenvalue weighted by Gasteiger charge is -2.20. The molecule has 2 fully saturated rings. The molecule has 1 atom stereocenters. The molecule has 1 unspecified atom stereocenters. The summed E-state index contributed by atoms with van der Waals surface area (Å²) in [5.41, 5.74) is 0. The number of rotatable bonds is 3. The summed E-state index contributed by atoms with van der Waals surface area (Å²) < 4.78 is 5.39. The van der Waals surface area contributed by atoms with Crippen molar-refractivity contribution in [3.63, 3.8) is 0 Å². The van der Waals surface area contributed by atoms with Gasteiger partial charge in [-0.05, 0) is 18.9 Å². The molecule has 0 bridgehead atoms. The molecule has 0 N–H and O–H groups in total. The van der Waals surface area contributed by atoms with E-state index in [0.29, 0.717) is 0 Å². The van der Waals surface area contributed by atoms with E-state index in [4.69, 9.17) is 16.3 Å². The highest BCUT2D eigenvalue weighted by Crippen LogP contribution is 2.32. The predicted octanol–water partition coefficient (Wildman–Crippen LogP) is 1.73. The highest BCUT2D eigenvalue weighted by atomic mass is 35.5. The maximum Gasteiger partial charge on any atom is 0.0696 e. The van der Waals surface area contributed by atoms with Crippen LogP contribution in [0.5, 0.6) is 0 Å². The Morgan fingerprint density at radius 2 is 2.23 bits per heavy atom. The first kappa shape index (κ1) is 9.75. The van der Waals surface area contributed by atoms with Gasteiger partial charge in [-0.25, -0.2) is 0 Å². The van der Waals surface area contributed by atoms with Crippen LogP contribution in [0.1, 0.15) is 19.3 Å². The van der Waals surface area contributed by atoms with Crippen molar-refractivity contribution in [2.75, 3.05) is 32.8 Å². The minimum atomic E-state index is 0.196. The molecule has 13 heavy (non-hydrogen) atoms. The molecule has 2 rings (SSSR count). The molecule has 1 aliphatic carbocycles. The first-order valence-corrected chi connectivity index (χ1v) is 5.72. The fourth-order valence-electron chi connectivity index (χ4n) is 1.80. The van der Waals surface area contributed by atoms with Gasteiger partial charge in [0.25, 0.3) is 0 Å². The lowest BCUT2D eigenvalue weighted by Crippen LogP contribution is -2.31. The number of alkyl halides is 1.